The van der Waals surface area contributed by atoms with Gasteiger partial charge in [0.05, 0.1) is 23.3 Å². The van der Waals surface area contributed by atoms with E-state index in [0.29, 0.717) is 24.3 Å². The summed E-state index contributed by atoms with van der Waals surface area (Å²) in [5.74, 6) is -0.309. The van der Waals surface area contributed by atoms with E-state index in [1.165, 1.54) is 12.1 Å². The third-order valence-corrected chi connectivity index (χ3v) is 7.46. The lowest BCUT2D eigenvalue weighted by molar-refractivity contribution is 0.0697. The Morgan fingerprint density at radius 1 is 0.941 bits per heavy atom. The Kier molecular flexibility index (Phi) is 6.65. The largest absolute Gasteiger partial charge is 0.497 e. The number of hydrogen-bond donors (Lipinski definition) is 2. The van der Waals surface area contributed by atoms with Crippen LogP contribution in [0.3, 0.4) is 0 Å². The monoisotopic (exact) mass is 481 g/mol. The number of carbonyl (C=O) groups is 1. The lowest BCUT2D eigenvalue weighted by atomic mass is 10.1. The molecule has 1 heterocycles. The molecule has 0 bridgehead atoms. The minimum Gasteiger partial charge on any atom is -0.497 e. The van der Waals surface area contributed by atoms with Gasteiger partial charge in [0.25, 0.3) is 10.0 Å². The van der Waals surface area contributed by atoms with E-state index in [1.54, 1.807) is 44.4 Å². The van der Waals surface area contributed by atoms with Gasteiger partial charge in [-0.25, -0.2) is 13.2 Å². The first-order chi connectivity index (χ1) is 16.3. The quantitative estimate of drug-likeness (QED) is 0.529. The van der Waals surface area contributed by atoms with E-state index in [1.807, 2.05) is 29.2 Å². The third-order valence-electron chi connectivity index (χ3n) is 5.92. The first kappa shape index (κ1) is 23.4. The van der Waals surface area contributed by atoms with E-state index in [0.717, 1.165) is 24.5 Å². The molecule has 1 saturated heterocycles. The normalized spacial score (nSPS) is 14.1. The number of aryl methyl sites for hydroxylation is 1. The van der Waals surface area contributed by atoms with Gasteiger partial charge in [0, 0.05) is 37.6 Å². The maximum atomic E-state index is 12.8. The van der Waals surface area contributed by atoms with Crippen molar-refractivity contribution in [1.82, 2.24) is 0 Å². The summed E-state index contributed by atoms with van der Waals surface area (Å²) >= 11 is 0. The van der Waals surface area contributed by atoms with E-state index in [9.17, 15) is 18.3 Å². The second-order valence-corrected chi connectivity index (χ2v) is 9.73. The fourth-order valence-corrected chi connectivity index (χ4v) is 5.41. The summed E-state index contributed by atoms with van der Waals surface area (Å²) in [5.41, 5.74) is 2.53. The summed E-state index contributed by atoms with van der Waals surface area (Å²) in [6.07, 6.45) is 0. The highest BCUT2D eigenvalue weighted by molar-refractivity contribution is 7.92. The smallest absolute Gasteiger partial charge is 0.337 e. The molecule has 9 heteroatoms. The number of aromatic carboxylic acids is 1. The van der Waals surface area contributed by atoms with Crippen molar-refractivity contribution in [2.45, 2.75) is 11.8 Å². The van der Waals surface area contributed by atoms with Crippen molar-refractivity contribution in [3.05, 3.63) is 77.9 Å². The SMILES string of the molecule is COc1ccc(N2CCN(c3ccc(NS(=O)(=O)c4ccccc4C)cc3C(=O)O)CC2)cc1. The van der Waals surface area contributed by atoms with Crippen molar-refractivity contribution < 1.29 is 23.1 Å². The first-order valence-electron chi connectivity index (χ1n) is 10.9. The Bertz CT molecular complexity index is 1280. The zero-order valence-electron chi connectivity index (χ0n) is 19.1. The molecule has 2 N–H and O–H groups in total. The average Bonchev–Trinajstić information content (AvgIpc) is 2.84. The second-order valence-electron chi connectivity index (χ2n) is 8.08. The molecule has 0 unspecified atom stereocenters. The first-order valence-corrected chi connectivity index (χ1v) is 12.4. The van der Waals surface area contributed by atoms with Gasteiger partial charge >= 0.3 is 5.97 Å². The molecular formula is C25H27N3O5S. The molecule has 8 nitrogen and oxygen atoms in total. The molecule has 0 atom stereocenters. The van der Waals surface area contributed by atoms with Crippen LogP contribution in [0.15, 0.2) is 71.6 Å². The Morgan fingerprint density at radius 2 is 1.59 bits per heavy atom. The summed E-state index contributed by atoms with van der Waals surface area (Å²) in [4.78, 5) is 16.4. The van der Waals surface area contributed by atoms with E-state index in [2.05, 4.69) is 9.62 Å². The molecule has 3 aromatic carbocycles. The number of methoxy groups -OCH3 is 1. The van der Waals surface area contributed by atoms with Gasteiger partial charge in [0.2, 0.25) is 0 Å². The summed E-state index contributed by atoms with van der Waals surface area (Å²) in [6.45, 7) is 4.45. The van der Waals surface area contributed by atoms with Crippen molar-refractivity contribution in [2.24, 2.45) is 0 Å². The molecule has 0 saturated carbocycles. The molecule has 1 aliphatic heterocycles. The van der Waals surface area contributed by atoms with Gasteiger partial charge in [-0.15, -0.1) is 0 Å². The molecule has 3 aromatic rings. The van der Waals surface area contributed by atoms with Crippen LogP contribution in [-0.4, -0.2) is 52.8 Å². The van der Waals surface area contributed by atoms with Crippen molar-refractivity contribution in [3.8, 4) is 5.75 Å². The molecule has 34 heavy (non-hydrogen) atoms. The number of anilines is 3. The van der Waals surface area contributed by atoms with Gasteiger partial charge in [-0.2, -0.15) is 0 Å². The molecule has 0 aliphatic carbocycles. The molecule has 1 fully saturated rings. The number of carboxylic acids is 1. The highest BCUT2D eigenvalue weighted by Crippen LogP contribution is 2.29. The summed E-state index contributed by atoms with van der Waals surface area (Å²) < 4.78 is 33.4. The zero-order valence-corrected chi connectivity index (χ0v) is 19.9. The Hall–Kier alpha value is -3.72. The van der Waals surface area contributed by atoms with E-state index in [4.69, 9.17) is 4.74 Å². The van der Waals surface area contributed by atoms with Crippen LogP contribution in [0.2, 0.25) is 0 Å². The predicted octanol–water partition coefficient (Wildman–Crippen LogP) is 3.83. The van der Waals surface area contributed by atoms with E-state index >= 15 is 0 Å². The number of ether oxygens (including phenoxy) is 1. The summed E-state index contributed by atoms with van der Waals surface area (Å²) in [5, 5.41) is 9.83. The van der Waals surface area contributed by atoms with Gasteiger partial charge < -0.3 is 19.6 Å². The molecule has 178 valence electrons. The molecule has 0 aromatic heterocycles. The number of nitrogens with one attached hydrogen (secondary N) is 1. The summed E-state index contributed by atoms with van der Waals surface area (Å²) in [7, 11) is -2.21. The number of rotatable bonds is 7. The van der Waals surface area contributed by atoms with Gasteiger partial charge in [-0.3, -0.25) is 4.72 Å². The average molecular weight is 482 g/mol. The maximum Gasteiger partial charge on any atom is 0.337 e. The molecule has 0 radical (unpaired) electrons. The molecule has 1 aliphatic rings. The fourth-order valence-electron chi connectivity index (χ4n) is 4.11. The predicted molar refractivity (Wildman–Crippen MR) is 133 cm³/mol. The van der Waals surface area contributed by atoms with Gasteiger partial charge in [-0.1, -0.05) is 18.2 Å². The number of nitrogens with zero attached hydrogens (tertiary/aromatic N) is 2. The maximum absolute atomic E-state index is 12.8. The van der Waals surface area contributed by atoms with Crippen molar-refractivity contribution >= 4 is 33.1 Å². The molecule has 4 rings (SSSR count). The highest BCUT2D eigenvalue weighted by atomic mass is 32.2. The minimum atomic E-state index is -3.84. The number of hydrogen-bond acceptors (Lipinski definition) is 6. The molecule has 0 spiro atoms. The van der Waals surface area contributed by atoms with E-state index < -0.39 is 16.0 Å². The van der Waals surface area contributed by atoms with Crippen LogP contribution < -0.4 is 19.3 Å². The van der Waals surface area contributed by atoms with E-state index in [-0.39, 0.29) is 16.1 Å². The molecular weight excluding hydrogens is 454 g/mol. The Labute approximate surface area is 199 Å². The van der Waals surface area contributed by atoms with Crippen LogP contribution >= 0.6 is 0 Å². The number of piperazine rings is 1. The number of benzene rings is 3. The lowest BCUT2D eigenvalue weighted by Crippen LogP contribution is -2.47. The van der Waals surface area contributed by atoms with Crippen LogP contribution in [0.1, 0.15) is 15.9 Å². The zero-order chi connectivity index (χ0) is 24.3. The Balaban J connectivity index is 1.51. The Morgan fingerprint density at radius 3 is 2.21 bits per heavy atom. The lowest BCUT2D eigenvalue weighted by Gasteiger charge is -2.38. The minimum absolute atomic E-state index is 0.0582. The molecule has 0 amide bonds. The van der Waals surface area contributed by atoms with Crippen molar-refractivity contribution in [1.29, 1.82) is 0 Å². The van der Waals surface area contributed by atoms with Crippen LogP contribution in [0, 0.1) is 6.92 Å². The number of sulfonamides is 1. The van der Waals surface area contributed by atoms with Crippen molar-refractivity contribution in [2.75, 3.05) is 47.8 Å². The van der Waals surface area contributed by atoms with Crippen LogP contribution in [0.25, 0.3) is 0 Å². The van der Waals surface area contributed by atoms with Gasteiger partial charge in [-0.05, 0) is 61.0 Å². The van der Waals surface area contributed by atoms with Crippen molar-refractivity contribution in [3.63, 3.8) is 0 Å². The topological polar surface area (TPSA) is 99.2 Å². The van der Waals surface area contributed by atoms with Gasteiger partial charge in [0.1, 0.15) is 5.75 Å². The summed E-state index contributed by atoms with van der Waals surface area (Å²) in [6, 6.07) is 19.2. The van der Waals surface area contributed by atoms with Gasteiger partial charge in [0.15, 0.2) is 0 Å². The number of carboxylic acid groups (broad SMARTS) is 1. The standard InChI is InChI=1S/C25H27N3O5S/c1-18-5-3-4-6-24(18)34(31,32)26-19-7-12-23(22(17-19)25(29)30)28-15-13-27(14-16-28)20-8-10-21(33-2)11-9-20/h3-12,17,26H,13-16H2,1-2H3,(H,29,30). The highest BCUT2D eigenvalue weighted by Gasteiger charge is 2.23. The van der Waals surface area contributed by atoms with Crippen LogP contribution in [0.5, 0.6) is 5.75 Å². The van der Waals surface area contributed by atoms with Crippen LogP contribution in [-0.2, 0) is 10.0 Å². The third kappa shape index (κ3) is 4.94. The van der Waals surface area contributed by atoms with Crippen LogP contribution in [0.4, 0.5) is 17.1 Å². The second kappa shape index (κ2) is 9.64. The fraction of sp³-hybridized carbons (Fsp3) is 0.240.